The molecule has 1 aromatic carbocycles. The fourth-order valence-corrected chi connectivity index (χ4v) is 0.995. The summed E-state index contributed by atoms with van der Waals surface area (Å²) in [6.45, 7) is 0. The van der Waals surface area contributed by atoms with Crippen LogP contribution in [0.25, 0.3) is 0 Å². The van der Waals surface area contributed by atoms with Gasteiger partial charge in [-0.2, -0.15) is 0 Å². The van der Waals surface area contributed by atoms with Gasteiger partial charge in [0.1, 0.15) is 0 Å². The van der Waals surface area contributed by atoms with E-state index in [1.54, 1.807) is 12.1 Å². The fraction of sp³-hybridized carbons (Fsp3) is 0. The SMILES string of the molecule is N#Cc1cc([Se])ccc1O. The van der Waals surface area contributed by atoms with E-state index >= 15 is 0 Å². The molecule has 0 unspecified atom stereocenters. The average Bonchev–Trinajstić information content (AvgIpc) is 1.94. The molecule has 1 radical (unpaired) electrons. The van der Waals surface area contributed by atoms with Gasteiger partial charge in [-0.05, 0) is 0 Å². The molecule has 0 bridgehead atoms. The van der Waals surface area contributed by atoms with Crippen LogP contribution < -0.4 is 4.46 Å². The number of nitrogens with zero attached hydrogens (tertiary/aromatic N) is 1. The van der Waals surface area contributed by atoms with E-state index < -0.39 is 0 Å². The third kappa shape index (κ3) is 1.30. The molecule has 1 rings (SSSR count). The summed E-state index contributed by atoms with van der Waals surface area (Å²) in [4.78, 5) is 0. The molecule has 0 aliphatic heterocycles. The van der Waals surface area contributed by atoms with E-state index in [-0.39, 0.29) is 5.75 Å². The van der Waals surface area contributed by atoms with E-state index in [0.29, 0.717) is 5.56 Å². The van der Waals surface area contributed by atoms with Crippen molar-refractivity contribution in [1.82, 2.24) is 0 Å². The van der Waals surface area contributed by atoms with E-state index in [1.807, 2.05) is 6.07 Å². The Hall–Kier alpha value is -0.971. The van der Waals surface area contributed by atoms with Crippen molar-refractivity contribution in [3.63, 3.8) is 0 Å². The van der Waals surface area contributed by atoms with Gasteiger partial charge in [-0.3, -0.25) is 0 Å². The van der Waals surface area contributed by atoms with Gasteiger partial charge >= 0.3 is 66.4 Å². The Balaban J connectivity index is 3.25. The van der Waals surface area contributed by atoms with E-state index in [2.05, 4.69) is 16.0 Å². The summed E-state index contributed by atoms with van der Waals surface area (Å²) in [5.74, 6) is 0.0292. The predicted molar refractivity (Wildman–Crippen MR) is 38.2 cm³/mol. The molecule has 0 aromatic heterocycles. The number of phenols is 1. The van der Waals surface area contributed by atoms with Gasteiger partial charge in [0.15, 0.2) is 0 Å². The molecule has 0 atom stereocenters. The van der Waals surface area contributed by atoms with Gasteiger partial charge in [0, 0.05) is 0 Å². The van der Waals surface area contributed by atoms with Crippen LogP contribution in [0, 0.1) is 11.3 Å². The molecule has 0 aliphatic rings. The average molecular weight is 197 g/mol. The van der Waals surface area contributed by atoms with Gasteiger partial charge in [0.05, 0.1) is 0 Å². The second-order valence-electron chi connectivity index (χ2n) is 1.79. The van der Waals surface area contributed by atoms with Crippen LogP contribution >= 0.6 is 0 Å². The second kappa shape index (κ2) is 2.74. The van der Waals surface area contributed by atoms with Gasteiger partial charge in [0.25, 0.3) is 0 Å². The summed E-state index contributed by atoms with van der Waals surface area (Å²) < 4.78 is 0.856. The van der Waals surface area contributed by atoms with Gasteiger partial charge in [-0.15, -0.1) is 0 Å². The summed E-state index contributed by atoms with van der Waals surface area (Å²) >= 11 is 2.74. The van der Waals surface area contributed by atoms with Crippen LogP contribution in [0.2, 0.25) is 0 Å². The maximum atomic E-state index is 9.00. The van der Waals surface area contributed by atoms with Crippen molar-refractivity contribution in [3.05, 3.63) is 23.8 Å². The molecule has 0 spiro atoms. The Morgan fingerprint density at radius 3 is 2.70 bits per heavy atom. The predicted octanol–water partition coefficient (Wildman–Crippen LogP) is 0.0577. The maximum absolute atomic E-state index is 9.00. The summed E-state index contributed by atoms with van der Waals surface area (Å²) in [6, 6.07) is 6.65. The topological polar surface area (TPSA) is 44.0 Å². The molecule has 0 heterocycles. The van der Waals surface area contributed by atoms with E-state index in [0.717, 1.165) is 4.46 Å². The zero-order chi connectivity index (χ0) is 7.56. The van der Waals surface area contributed by atoms with Crippen molar-refractivity contribution in [2.45, 2.75) is 0 Å². The van der Waals surface area contributed by atoms with Crippen LogP contribution in [0.4, 0.5) is 0 Å². The molecule has 10 heavy (non-hydrogen) atoms. The number of rotatable bonds is 0. The van der Waals surface area contributed by atoms with E-state index in [1.165, 1.54) is 6.07 Å². The Bertz CT molecular complexity index is 290. The Kier molecular flexibility index (Phi) is 1.96. The Morgan fingerprint density at radius 2 is 2.20 bits per heavy atom. The van der Waals surface area contributed by atoms with Crippen molar-refractivity contribution >= 4 is 20.5 Å². The summed E-state index contributed by atoms with van der Waals surface area (Å²) in [5, 5.41) is 17.4. The first-order valence-corrected chi connectivity index (χ1v) is 3.50. The fourth-order valence-electron chi connectivity index (χ4n) is 0.605. The van der Waals surface area contributed by atoms with Crippen molar-refractivity contribution in [2.24, 2.45) is 0 Å². The number of phenolic OH excluding ortho intramolecular Hbond substituents is 1. The molecule has 0 fully saturated rings. The first kappa shape index (κ1) is 7.14. The Labute approximate surface area is 66.9 Å². The molecule has 0 saturated carbocycles. The van der Waals surface area contributed by atoms with Crippen LogP contribution in [0.5, 0.6) is 5.75 Å². The molecular formula is C7H4NOSe. The minimum atomic E-state index is 0.0292. The number of nitriles is 1. The monoisotopic (exact) mass is 198 g/mol. The number of aromatic hydroxyl groups is 1. The normalized spacial score (nSPS) is 8.70. The molecular weight excluding hydrogens is 193 g/mol. The minimum absolute atomic E-state index is 0.0292. The van der Waals surface area contributed by atoms with Crippen molar-refractivity contribution in [3.8, 4) is 11.8 Å². The zero-order valence-electron chi connectivity index (χ0n) is 5.03. The molecule has 0 amide bonds. The zero-order valence-corrected chi connectivity index (χ0v) is 6.75. The van der Waals surface area contributed by atoms with Crippen LogP contribution in [-0.2, 0) is 0 Å². The molecule has 2 nitrogen and oxygen atoms in total. The van der Waals surface area contributed by atoms with Crippen molar-refractivity contribution in [2.75, 3.05) is 0 Å². The summed E-state index contributed by atoms with van der Waals surface area (Å²) in [7, 11) is 0. The summed E-state index contributed by atoms with van der Waals surface area (Å²) in [5.41, 5.74) is 0.302. The van der Waals surface area contributed by atoms with Crippen LogP contribution in [0.3, 0.4) is 0 Å². The first-order valence-electron chi connectivity index (χ1n) is 2.64. The van der Waals surface area contributed by atoms with Crippen molar-refractivity contribution in [1.29, 1.82) is 5.26 Å². The number of hydrogen-bond donors (Lipinski definition) is 1. The third-order valence-electron chi connectivity index (χ3n) is 1.09. The summed E-state index contributed by atoms with van der Waals surface area (Å²) in [6.07, 6.45) is 0. The standard InChI is InChI=1S/C7H4NOSe/c8-4-5-3-6(10)1-2-7(5)9/h1-3,9H. The molecule has 0 saturated heterocycles. The van der Waals surface area contributed by atoms with E-state index in [4.69, 9.17) is 10.4 Å². The van der Waals surface area contributed by atoms with Crippen LogP contribution in [-0.4, -0.2) is 21.1 Å². The Morgan fingerprint density at radius 1 is 1.50 bits per heavy atom. The van der Waals surface area contributed by atoms with Gasteiger partial charge < -0.3 is 0 Å². The molecule has 1 N–H and O–H groups in total. The van der Waals surface area contributed by atoms with Gasteiger partial charge in [-0.1, -0.05) is 0 Å². The molecule has 3 heteroatoms. The van der Waals surface area contributed by atoms with Crippen LogP contribution in [0.1, 0.15) is 5.56 Å². The molecule has 0 aliphatic carbocycles. The van der Waals surface area contributed by atoms with Gasteiger partial charge in [0.2, 0.25) is 0 Å². The first-order chi connectivity index (χ1) is 4.74. The molecule has 49 valence electrons. The van der Waals surface area contributed by atoms with Crippen LogP contribution in [0.15, 0.2) is 18.2 Å². The molecule has 1 aromatic rings. The van der Waals surface area contributed by atoms with Crippen molar-refractivity contribution < 1.29 is 5.11 Å². The number of hydrogen-bond acceptors (Lipinski definition) is 2. The van der Waals surface area contributed by atoms with E-state index in [9.17, 15) is 0 Å². The second-order valence-corrected chi connectivity index (χ2v) is 2.78. The quantitative estimate of drug-likeness (QED) is 0.597. The number of benzene rings is 1. The third-order valence-corrected chi connectivity index (χ3v) is 1.62. The van der Waals surface area contributed by atoms with Gasteiger partial charge in [-0.25, -0.2) is 0 Å².